The highest BCUT2D eigenvalue weighted by Gasteiger charge is 2.09. The molecule has 0 aliphatic carbocycles. The maximum atomic E-state index is 11.9. The molecule has 0 atom stereocenters. The van der Waals surface area contributed by atoms with Crippen LogP contribution in [0.15, 0.2) is 54.6 Å². The predicted molar refractivity (Wildman–Crippen MR) is 81.6 cm³/mol. The smallest absolute Gasteiger partial charge is 0.345 e. The van der Waals surface area contributed by atoms with E-state index in [0.717, 1.165) is 5.06 Å². The molecule has 22 heavy (non-hydrogen) atoms. The van der Waals surface area contributed by atoms with Crippen molar-refractivity contribution in [2.75, 3.05) is 19.5 Å². The third-order valence-electron chi connectivity index (χ3n) is 2.89. The zero-order chi connectivity index (χ0) is 15.9. The summed E-state index contributed by atoms with van der Waals surface area (Å²) < 4.78 is 5.24. The van der Waals surface area contributed by atoms with E-state index in [1.807, 2.05) is 6.07 Å². The lowest BCUT2D eigenvalue weighted by atomic mass is 10.2. The first-order chi connectivity index (χ1) is 10.6. The first-order valence-electron chi connectivity index (χ1n) is 6.56. The lowest BCUT2D eigenvalue weighted by molar-refractivity contribution is -0.0598. The molecule has 0 radical (unpaired) electrons. The van der Waals surface area contributed by atoms with Crippen molar-refractivity contribution in [1.29, 1.82) is 0 Å². The van der Waals surface area contributed by atoms with Gasteiger partial charge in [0.1, 0.15) is 5.75 Å². The number of nitrogens with zero attached hydrogens (tertiary/aromatic N) is 1. The van der Waals surface area contributed by atoms with E-state index in [0.29, 0.717) is 17.0 Å². The zero-order valence-electron chi connectivity index (χ0n) is 12.3. The minimum atomic E-state index is -0.434. The summed E-state index contributed by atoms with van der Waals surface area (Å²) in [6.07, 6.45) is 0. The second-order valence-corrected chi connectivity index (χ2v) is 4.39. The summed E-state index contributed by atoms with van der Waals surface area (Å²) in [4.78, 5) is 28.2. The number of hydrogen-bond acceptors (Lipinski definition) is 4. The molecule has 0 aliphatic heterocycles. The van der Waals surface area contributed by atoms with Gasteiger partial charge in [-0.3, -0.25) is 4.84 Å². The number of rotatable bonds is 4. The number of amides is 2. The molecule has 6 nitrogen and oxygen atoms in total. The van der Waals surface area contributed by atoms with Crippen LogP contribution in [0.25, 0.3) is 0 Å². The van der Waals surface area contributed by atoms with Crippen LogP contribution in [0.2, 0.25) is 0 Å². The lowest BCUT2D eigenvalue weighted by Crippen LogP contribution is -2.30. The molecule has 0 aromatic heterocycles. The fourth-order valence-electron chi connectivity index (χ4n) is 1.63. The molecule has 2 aromatic rings. The van der Waals surface area contributed by atoms with Gasteiger partial charge < -0.3 is 10.1 Å². The highest BCUT2D eigenvalue weighted by atomic mass is 16.7. The molecular formula is C16H16N2O4. The number of nitrogens with one attached hydrogen (secondary N) is 1. The number of urea groups is 1. The molecule has 0 bridgehead atoms. The van der Waals surface area contributed by atoms with Gasteiger partial charge in [-0.25, -0.2) is 14.7 Å². The number of hydrogen-bond donors (Lipinski definition) is 1. The summed E-state index contributed by atoms with van der Waals surface area (Å²) in [7, 11) is 2.89. The van der Waals surface area contributed by atoms with E-state index in [1.165, 1.54) is 14.2 Å². The van der Waals surface area contributed by atoms with Crippen LogP contribution in [0.4, 0.5) is 10.5 Å². The highest BCUT2D eigenvalue weighted by molar-refractivity contribution is 5.91. The van der Waals surface area contributed by atoms with Crippen molar-refractivity contribution in [3.63, 3.8) is 0 Å². The molecule has 0 unspecified atom stereocenters. The highest BCUT2D eigenvalue weighted by Crippen LogP contribution is 2.17. The first-order valence-corrected chi connectivity index (χ1v) is 6.56. The Kier molecular flexibility index (Phi) is 5.11. The fraction of sp³-hybridized carbons (Fsp3) is 0.125. The average Bonchev–Trinajstić information content (AvgIpc) is 2.56. The van der Waals surface area contributed by atoms with Crippen molar-refractivity contribution in [2.24, 2.45) is 0 Å². The van der Waals surface area contributed by atoms with E-state index in [2.05, 4.69) is 5.32 Å². The predicted octanol–water partition coefficient (Wildman–Crippen LogP) is 2.93. The summed E-state index contributed by atoms with van der Waals surface area (Å²) in [5, 5.41) is 3.69. The molecular weight excluding hydrogens is 284 g/mol. The van der Waals surface area contributed by atoms with Crippen LogP contribution >= 0.6 is 0 Å². The van der Waals surface area contributed by atoms with E-state index in [9.17, 15) is 9.59 Å². The SMILES string of the molecule is CON(C)C(=O)Nc1ccc(OC(=O)c2ccccc2)cc1. The number of hydroxylamine groups is 2. The second kappa shape index (κ2) is 7.24. The van der Waals surface area contributed by atoms with Gasteiger partial charge in [-0.1, -0.05) is 18.2 Å². The largest absolute Gasteiger partial charge is 0.423 e. The molecule has 0 heterocycles. The zero-order valence-corrected chi connectivity index (χ0v) is 12.3. The maximum absolute atomic E-state index is 11.9. The van der Waals surface area contributed by atoms with Crippen LogP contribution in [0, 0.1) is 0 Å². The molecule has 2 amide bonds. The quantitative estimate of drug-likeness (QED) is 0.535. The minimum Gasteiger partial charge on any atom is -0.423 e. The van der Waals surface area contributed by atoms with E-state index in [4.69, 9.17) is 9.57 Å². The Hall–Kier alpha value is -2.86. The van der Waals surface area contributed by atoms with Gasteiger partial charge in [0, 0.05) is 12.7 Å². The van der Waals surface area contributed by atoms with Crippen molar-refractivity contribution in [3.8, 4) is 5.75 Å². The molecule has 0 fully saturated rings. The van der Waals surface area contributed by atoms with E-state index in [1.54, 1.807) is 48.5 Å². The van der Waals surface area contributed by atoms with Gasteiger partial charge >= 0.3 is 12.0 Å². The van der Waals surface area contributed by atoms with Crippen LogP contribution < -0.4 is 10.1 Å². The number of carbonyl (C=O) groups excluding carboxylic acids is 2. The number of anilines is 1. The van der Waals surface area contributed by atoms with Crippen molar-refractivity contribution >= 4 is 17.7 Å². The van der Waals surface area contributed by atoms with Gasteiger partial charge in [0.25, 0.3) is 0 Å². The first kappa shape index (κ1) is 15.5. The van der Waals surface area contributed by atoms with Crippen LogP contribution in [-0.2, 0) is 4.84 Å². The number of esters is 1. The third-order valence-corrected chi connectivity index (χ3v) is 2.89. The molecule has 0 spiro atoms. The summed E-state index contributed by atoms with van der Waals surface area (Å²) in [5.74, 6) is -0.0385. The monoisotopic (exact) mass is 300 g/mol. The van der Waals surface area contributed by atoms with Crippen LogP contribution in [0.1, 0.15) is 10.4 Å². The third kappa shape index (κ3) is 4.07. The average molecular weight is 300 g/mol. The maximum Gasteiger partial charge on any atom is 0.345 e. The number of benzene rings is 2. The Morgan fingerprint density at radius 1 is 1.00 bits per heavy atom. The lowest BCUT2D eigenvalue weighted by Gasteiger charge is -2.14. The van der Waals surface area contributed by atoms with Gasteiger partial charge in [0.15, 0.2) is 0 Å². The van der Waals surface area contributed by atoms with Gasteiger partial charge in [0.05, 0.1) is 12.7 Å². The Bertz CT molecular complexity index is 641. The van der Waals surface area contributed by atoms with Crippen molar-refractivity contribution in [3.05, 3.63) is 60.2 Å². The molecule has 2 aromatic carbocycles. The molecule has 0 saturated carbocycles. The Balaban J connectivity index is 1.97. The van der Waals surface area contributed by atoms with Crippen LogP contribution in [0.5, 0.6) is 5.75 Å². The molecule has 114 valence electrons. The Labute approximate surface area is 128 Å². The van der Waals surface area contributed by atoms with E-state index < -0.39 is 12.0 Å². The second-order valence-electron chi connectivity index (χ2n) is 4.39. The molecule has 2 rings (SSSR count). The van der Waals surface area contributed by atoms with Crippen LogP contribution in [0.3, 0.4) is 0 Å². The molecule has 6 heteroatoms. The minimum absolute atomic E-state index is 0.395. The van der Waals surface area contributed by atoms with Crippen molar-refractivity contribution in [1.82, 2.24) is 5.06 Å². The summed E-state index contributed by atoms with van der Waals surface area (Å²) in [6.45, 7) is 0. The number of ether oxygens (including phenoxy) is 1. The van der Waals surface area contributed by atoms with Crippen molar-refractivity contribution in [2.45, 2.75) is 0 Å². The van der Waals surface area contributed by atoms with Gasteiger partial charge in [-0.05, 0) is 36.4 Å². The van der Waals surface area contributed by atoms with Crippen molar-refractivity contribution < 1.29 is 19.2 Å². The van der Waals surface area contributed by atoms with Gasteiger partial charge in [0.2, 0.25) is 0 Å². The summed E-state index contributed by atoms with van der Waals surface area (Å²) in [6, 6.07) is 14.8. The van der Waals surface area contributed by atoms with Gasteiger partial charge in [-0.2, -0.15) is 0 Å². The van der Waals surface area contributed by atoms with Crippen LogP contribution in [-0.4, -0.2) is 31.2 Å². The Morgan fingerprint density at radius 2 is 1.64 bits per heavy atom. The topological polar surface area (TPSA) is 67.9 Å². The standard InChI is InChI=1S/C16H16N2O4/c1-18(21-2)16(20)17-13-8-10-14(11-9-13)22-15(19)12-6-4-3-5-7-12/h3-11H,1-2H3,(H,17,20). The van der Waals surface area contributed by atoms with E-state index in [-0.39, 0.29) is 0 Å². The fourth-order valence-corrected chi connectivity index (χ4v) is 1.63. The molecule has 0 aliphatic rings. The van der Waals surface area contributed by atoms with E-state index >= 15 is 0 Å². The normalized spacial score (nSPS) is 9.91. The molecule has 0 saturated heterocycles. The Morgan fingerprint density at radius 3 is 2.23 bits per heavy atom. The number of carbonyl (C=O) groups is 2. The summed E-state index contributed by atoms with van der Waals surface area (Å²) >= 11 is 0. The molecule has 1 N–H and O–H groups in total. The van der Waals surface area contributed by atoms with Gasteiger partial charge in [-0.15, -0.1) is 0 Å². The summed E-state index contributed by atoms with van der Waals surface area (Å²) in [5.41, 5.74) is 1.04.